The van der Waals surface area contributed by atoms with Crippen molar-refractivity contribution in [1.29, 1.82) is 0 Å². The van der Waals surface area contributed by atoms with E-state index < -0.39 is 23.4 Å². The molecule has 158 valence electrons. The van der Waals surface area contributed by atoms with Gasteiger partial charge >= 0.3 is 6.09 Å². The molecule has 0 radical (unpaired) electrons. The minimum absolute atomic E-state index is 0.137. The largest absolute Gasteiger partial charge is 0.444 e. The van der Waals surface area contributed by atoms with E-state index in [0.29, 0.717) is 29.7 Å². The Morgan fingerprint density at radius 1 is 1.34 bits per heavy atom. The number of alkyl carbamates (subject to hydrolysis) is 1. The van der Waals surface area contributed by atoms with Crippen LogP contribution in [0.4, 0.5) is 14.9 Å². The van der Waals surface area contributed by atoms with Gasteiger partial charge in [-0.2, -0.15) is 0 Å². The molecule has 2 aromatic rings. The topological polar surface area (TPSA) is 100 Å². The molecule has 1 aliphatic rings. The highest BCUT2D eigenvalue weighted by Crippen LogP contribution is 2.37. The standard InChI is InChI=1S/C21H29FN4O3/c1-11-12(2)24-17-14(19(23)27)9-15(22)18(16(11)17)26-8-6-7-13(10-26)25-20(28)29-21(3,4)5/h9,13,24H,6-8,10H2,1-5H3,(H2,23,27)(H,25,28). The van der Waals surface area contributed by atoms with Crippen LogP contribution in [-0.2, 0) is 4.74 Å². The number of aryl methyl sites for hydroxylation is 2. The van der Waals surface area contributed by atoms with Gasteiger partial charge in [-0.25, -0.2) is 9.18 Å². The third-order valence-corrected chi connectivity index (χ3v) is 5.23. The first-order valence-corrected chi connectivity index (χ1v) is 9.83. The lowest BCUT2D eigenvalue weighted by Crippen LogP contribution is -2.49. The van der Waals surface area contributed by atoms with Crippen molar-refractivity contribution in [2.24, 2.45) is 5.73 Å². The van der Waals surface area contributed by atoms with Crippen molar-refractivity contribution in [2.75, 3.05) is 18.0 Å². The van der Waals surface area contributed by atoms with E-state index in [-0.39, 0.29) is 11.6 Å². The monoisotopic (exact) mass is 404 g/mol. The van der Waals surface area contributed by atoms with Crippen LogP contribution in [0.2, 0.25) is 0 Å². The van der Waals surface area contributed by atoms with Crippen molar-refractivity contribution in [1.82, 2.24) is 10.3 Å². The fraction of sp³-hybridized carbons (Fsp3) is 0.524. The quantitative estimate of drug-likeness (QED) is 0.729. The smallest absolute Gasteiger partial charge is 0.407 e. The summed E-state index contributed by atoms with van der Waals surface area (Å²) in [5.41, 5.74) is 7.73. The number of amides is 2. The van der Waals surface area contributed by atoms with Crippen molar-refractivity contribution < 1.29 is 18.7 Å². The molecule has 0 bridgehead atoms. The molecule has 0 spiro atoms. The molecule has 1 aromatic carbocycles. The van der Waals surface area contributed by atoms with Crippen molar-refractivity contribution in [3.05, 3.63) is 28.7 Å². The number of hydrogen-bond acceptors (Lipinski definition) is 4. The minimum Gasteiger partial charge on any atom is -0.444 e. The molecule has 1 aromatic heterocycles. The summed E-state index contributed by atoms with van der Waals surface area (Å²) in [4.78, 5) is 29.1. The molecule has 1 saturated heterocycles. The van der Waals surface area contributed by atoms with Gasteiger partial charge in [0.1, 0.15) is 11.4 Å². The lowest BCUT2D eigenvalue weighted by atomic mass is 10.0. The molecule has 8 heteroatoms. The Labute approximate surface area is 169 Å². The summed E-state index contributed by atoms with van der Waals surface area (Å²) in [7, 11) is 0. The SMILES string of the molecule is Cc1[nH]c2c(C(N)=O)cc(F)c(N3CCCC(NC(=O)OC(C)(C)C)C3)c2c1C. The summed E-state index contributed by atoms with van der Waals surface area (Å²) in [6, 6.07) is 1.03. The number of piperidine rings is 1. The molecule has 2 heterocycles. The summed E-state index contributed by atoms with van der Waals surface area (Å²) in [6.07, 6.45) is 1.10. The van der Waals surface area contributed by atoms with Crippen LogP contribution in [-0.4, -0.2) is 41.7 Å². The molecule has 0 aliphatic carbocycles. The fourth-order valence-electron chi connectivity index (χ4n) is 3.88. The van der Waals surface area contributed by atoms with Crippen LogP contribution in [0.1, 0.15) is 55.2 Å². The fourth-order valence-corrected chi connectivity index (χ4v) is 3.88. The van der Waals surface area contributed by atoms with Crippen LogP contribution in [0.15, 0.2) is 6.07 Å². The normalized spacial score (nSPS) is 17.4. The van der Waals surface area contributed by atoms with Gasteiger partial charge in [-0.05, 0) is 59.1 Å². The second-order valence-electron chi connectivity index (χ2n) is 8.68. The van der Waals surface area contributed by atoms with E-state index in [1.807, 2.05) is 39.5 Å². The number of nitrogens with zero attached hydrogens (tertiary/aromatic N) is 1. The molecule has 1 atom stereocenters. The highest BCUT2D eigenvalue weighted by atomic mass is 19.1. The first kappa shape index (κ1) is 21.0. The van der Waals surface area contributed by atoms with E-state index in [1.165, 1.54) is 6.07 Å². The van der Waals surface area contributed by atoms with Gasteiger partial charge < -0.3 is 25.7 Å². The second kappa shape index (κ2) is 7.57. The number of primary amides is 1. The Kier molecular flexibility index (Phi) is 5.47. The number of anilines is 1. The lowest BCUT2D eigenvalue weighted by Gasteiger charge is -2.35. The number of halogens is 1. The van der Waals surface area contributed by atoms with E-state index in [0.717, 1.165) is 24.1 Å². The summed E-state index contributed by atoms with van der Waals surface area (Å²) in [5.74, 6) is -1.17. The van der Waals surface area contributed by atoms with Gasteiger partial charge in [-0.15, -0.1) is 0 Å². The number of aromatic nitrogens is 1. The minimum atomic E-state index is -0.676. The van der Waals surface area contributed by atoms with Gasteiger partial charge in [-0.3, -0.25) is 4.79 Å². The number of ether oxygens (including phenoxy) is 1. The number of carbonyl (C=O) groups is 2. The van der Waals surface area contributed by atoms with Crippen LogP contribution in [0, 0.1) is 19.7 Å². The van der Waals surface area contributed by atoms with Gasteiger partial charge in [-0.1, -0.05) is 0 Å². The Morgan fingerprint density at radius 2 is 2.03 bits per heavy atom. The Bertz CT molecular complexity index is 961. The molecule has 1 unspecified atom stereocenters. The molecular formula is C21H29FN4O3. The number of carbonyl (C=O) groups excluding carboxylic acids is 2. The Balaban J connectivity index is 1.94. The maximum Gasteiger partial charge on any atom is 0.407 e. The van der Waals surface area contributed by atoms with E-state index >= 15 is 4.39 Å². The van der Waals surface area contributed by atoms with Gasteiger partial charge in [0.25, 0.3) is 5.91 Å². The average Bonchev–Trinajstić information content (AvgIpc) is 2.88. The zero-order valence-electron chi connectivity index (χ0n) is 17.6. The number of fused-ring (bicyclic) bond motifs is 1. The molecule has 1 aliphatic heterocycles. The molecule has 2 amide bonds. The number of benzene rings is 1. The zero-order valence-corrected chi connectivity index (χ0v) is 17.6. The first-order chi connectivity index (χ1) is 13.5. The summed E-state index contributed by atoms with van der Waals surface area (Å²) < 4.78 is 20.5. The first-order valence-electron chi connectivity index (χ1n) is 9.83. The van der Waals surface area contributed by atoms with E-state index in [2.05, 4.69) is 10.3 Å². The number of aromatic amines is 1. The summed E-state index contributed by atoms with van der Waals surface area (Å²) in [6.45, 7) is 10.3. The molecule has 1 fully saturated rings. The predicted octanol–water partition coefficient (Wildman–Crippen LogP) is 3.52. The predicted molar refractivity (Wildman–Crippen MR) is 111 cm³/mol. The van der Waals surface area contributed by atoms with Gasteiger partial charge in [0.05, 0.1) is 16.8 Å². The zero-order chi connectivity index (χ0) is 21.5. The summed E-state index contributed by atoms with van der Waals surface area (Å²) in [5, 5.41) is 3.55. The molecule has 0 saturated carbocycles. The van der Waals surface area contributed by atoms with Crippen molar-refractivity contribution in [3.8, 4) is 0 Å². The number of nitrogens with two attached hydrogens (primary N) is 1. The highest BCUT2D eigenvalue weighted by Gasteiger charge is 2.29. The molecule has 7 nitrogen and oxygen atoms in total. The number of H-pyrrole nitrogens is 1. The van der Waals surface area contributed by atoms with Crippen LogP contribution in [0.3, 0.4) is 0 Å². The third kappa shape index (κ3) is 4.31. The van der Waals surface area contributed by atoms with Crippen LogP contribution < -0.4 is 16.0 Å². The van der Waals surface area contributed by atoms with E-state index in [9.17, 15) is 9.59 Å². The molecule has 4 N–H and O–H groups in total. The van der Waals surface area contributed by atoms with Crippen molar-refractivity contribution in [3.63, 3.8) is 0 Å². The van der Waals surface area contributed by atoms with Crippen LogP contribution in [0.25, 0.3) is 10.9 Å². The average molecular weight is 404 g/mol. The molecule has 29 heavy (non-hydrogen) atoms. The van der Waals surface area contributed by atoms with Crippen LogP contribution in [0.5, 0.6) is 0 Å². The summed E-state index contributed by atoms with van der Waals surface area (Å²) >= 11 is 0. The van der Waals surface area contributed by atoms with Crippen molar-refractivity contribution in [2.45, 2.75) is 59.1 Å². The Hall–Kier alpha value is -2.77. The number of nitrogens with one attached hydrogen (secondary N) is 2. The second-order valence-corrected chi connectivity index (χ2v) is 8.68. The Morgan fingerprint density at radius 3 is 2.66 bits per heavy atom. The molecular weight excluding hydrogens is 375 g/mol. The number of hydrogen-bond donors (Lipinski definition) is 3. The van der Waals surface area contributed by atoms with Gasteiger partial charge in [0.15, 0.2) is 0 Å². The van der Waals surface area contributed by atoms with Gasteiger partial charge in [0.2, 0.25) is 0 Å². The van der Waals surface area contributed by atoms with Crippen molar-refractivity contribution >= 4 is 28.6 Å². The van der Waals surface area contributed by atoms with E-state index in [4.69, 9.17) is 10.5 Å². The highest BCUT2D eigenvalue weighted by molar-refractivity contribution is 6.10. The maximum atomic E-state index is 15.2. The van der Waals surface area contributed by atoms with Crippen LogP contribution >= 0.6 is 0 Å². The third-order valence-electron chi connectivity index (χ3n) is 5.23. The van der Waals surface area contributed by atoms with E-state index in [1.54, 1.807) is 0 Å². The van der Waals surface area contributed by atoms with Gasteiger partial charge in [0, 0.05) is 30.2 Å². The molecule has 3 rings (SSSR count). The lowest BCUT2D eigenvalue weighted by molar-refractivity contribution is 0.0500. The maximum absolute atomic E-state index is 15.2. The number of rotatable bonds is 3.